The molecule has 0 bridgehead atoms. The second-order valence-electron chi connectivity index (χ2n) is 4.67. The fraction of sp³-hybridized carbons (Fsp3) is 0.429. The Hall–Kier alpha value is -1.91. The number of carbonyl (C=O) groups is 2. The van der Waals surface area contributed by atoms with E-state index in [0.717, 1.165) is 0 Å². The maximum absolute atomic E-state index is 13.2. The molecular formula is C14H18FNO3. The van der Waals surface area contributed by atoms with Gasteiger partial charge in [-0.05, 0) is 38.5 Å². The molecule has 0 heterocycles. The minimum absolute atomic E-state index is 0.236. The molecule has 0 saturated heterocycles. The van der Waals surface area contributed by atoms with Gasteiger partial charge in [-0.2, -0.15) is 0 Å². The van der Waals surface area contributed by atoms with Crippen molar-refractivity contribution in [3.63, 3.8) is 0 Å². The lowest BCUT2D eigenvalue weighted by Crippen LogP contribution is -2.41. The molecule has 1 N–H and O–H groups in total. The fourth-order valence-corrected chi connectivity index (χ4v) is 1.69. The van der Waals surface area contributed by atoms with Crippen LogP contribution in [0.25, 0.3) is 0 Å². The van der Waals surface area contributed by atoms with E-state index >= 15 is 0 Å². The van der Waals surface area contributed by atoms with Crippen LogP contribution >= 0.6 is 0 Å². The van der Waals surface area contributed by atoms with E-state index < -0.39 is 17.4 Å². The minimum atomic E-state index is -0.758. The van der Waals surface area contributed by atoms with E-state index in [1.54, 1.807) is 32.9 Å². The summed E-state index contributed by atoms with van der Waals surface area (Å²) in [7, 11) is 0. The maximum atomic E-state index is 13.2. The first kappa shape index (κ1) is 15.1. The summed E-state index contributed by atoms with van der Waals surface area (Å²) in [6.07, 6.45) is -0.341. The Balaban J connectivity index is 2.69. The second kappa shape index (κ2) is 6.31. The van der Waals surface area contributed by atoms with Crippen molar-refractivity contribution in [3.05, 3.63) is 35.6 Å². The third-order valence-electron chi connectivity index (χ3n) is 2.61. The van der Waals surface area contributed by atoms with Crippen LogP contribution in [0.5, 0.6) is 0 Å². The molecule has 0 saturated carbocycles. The molecule has 0 aliphatic rings. The number of amides is 1. The summed E-state index contributed by atoms with van der Waals surface area (Å²) in [6.45, 7) is 5.39. The standard InChI is InChI=1S/C14H18FNO3/c1-4-19-13(18)9-12(17)16-14(2,3)10-6-5-7-11(15)8-10/h5-8H,4,9H2,1-3H3,(H,16,17). The van der Waals surface area contributed by atoms with Gasteiger partial charge in [0.25, 0.3) is 0 Å². The lowest BCUT2D eigenvalue weighted by Gasteiger charge is -2.26. The van der Waals surface area contributed by atoms with Gasteiger partial charge in [-0.25, -0.2) is 4.39 Å². The molecule has 0 aliphatic carbocycles. The summed E-state index contributed by atoms with van der Waals surface area (Å²) in [5, 5.41) is 2.68. The summed E-state index contributed by atoms with van der Waals surface area (Å²) in [6, 6.07) is 5.97. The van der Waals surface area contributed by atoms with Crippen molar-refractivity contribution in [2.45, 2.75) is 32.7 Å². The Morgan fingerprint density at radius 2 is 2.05 bits per heavy atom. The predicted molar refractivity (Wildman–Crippen MR) is 68.8 cm³/mol. The number of halogens is 1. The molecule has 1 rings (SSSR count). The van der Waals surface area contributed by atoms with Crippen LogP contribution in [0.3, 0.4) is 0 Å². The Labute approximate surface area is 112 Å². The zero-order valence-corrected chi connectivity index (χ0v) is 11.3. The highest BCUT2D eigenvalue weighted by atomic mass is 19.1. The first-order valence-electron chi connectivity index (χ1n) is 6.08. The van der Waals surface area contributed by atoms with Crippen molar-refractivity contribution in [2.75, 3.05) is 6.61 Å². The van der Waals surface area contributed by atoms with E-state index in [0.29, 0.717) is 5.56 Å². The van der Waals surface area contributed by atoms with Crippen LogP contribution in [0, 0.1) is 5.82 Å². The molecule has 1 aromatic carbocycles. The molecule has 1 amide bonds. The second-order valence-corrected chi connectivity index (χ2v) is 4.67. The first-order chi connectivity index (χ1) is 8.85. The van der Waals surface area contributed by atoms with Gasteiger partial charge in [-0.3, -0.25) is 9.59 Å². The van der Waals surface area contributed by atoms with Gasteiger partial charge in [-0.1, -0.05) is 12.1 Å². The van der Waals surface area contributed by atoms with Crippen LogP contribution in [-0.2, 0) is 19.9 Å². The summed E-state index contributed by atoms with van der Waals surface area (Å²) in [5.74, 6) is -1.40. The summed E-state index contributed by atoms with van der Waals surface area (Å²) < 4.78 is 17.9. The molecule has 0 spiro atoms. The van der Waals surface area contributed by atoms with E-state index in [1.807, 2.05) is 0 Å². The van der Waals surface area contributed by atoms with Crippen LogP contribution in [0.15, 0.2) is 24.3 Å². The number of benzene rings is 1. The van der Waals surface area contributed by atoms with Gasteiger partial charge in [0.05, 0.1) is 12.1 Å². The molecule has 104 valence electrons. The topological polar surface area (TPSA) is 55.4 Å². The van der Waals surface area contributed by atoms with Crippen molar-refractivity contribution >= 4 is 11.9 Å². The van der Waals surface area contributed by atoms with Crippen molar-refractivity contribution in [2.24, 2.45) is 0 Å². The zero-order chi connectivity index (χ0) is 14.5. The van der Waals surface area contributed by atoms with Crippen LogP contribution in [-0.4, -0.2) is 18.5 Å². The van der Waals surface area contributed by atoms with Crippen molar-refractivity contribution in [1.82, 2.24) is 5.32 Å². The Morgan fingerprint density at radius 3 is 2.63 bits per heavy atom. The number of esters is 1. The Morgan fingerprint density at radius 1 is 1.37 bits per heavy atom. The molecule has 0 unspecified atom stereocenters. The molecule has 1 aromatic rings. The maximum Gasteiger partial charge on any atom is 0.315 e. The number of ether oxygens (including phenoxy) is 1. The number of carbonyl (C=O) groups excluding carboxylic acids is 2. The average molecular weight is 267 g/mol. The molecule has 19 heavy (non-hydrogen) atoms. The van der Waals surface area contributed by atoms with E-state index in [-0.39, 0.29) is 18.8 Å². The molecule has 0 aromatic heterocycles. The number of rotatable bonds is 5. The van der Waals surface area contributed by atoms with Crippen LogP contribution in [0.1, 0.15) is 32.8 Å². The molecular weight excluding hydrogens is 249 g/mol. The SMILES string of the molecule is CCOC(=O)CC(=O)NC(C)(C)c1cccc(F)c1. The number of nitrogens with one attached hydrogen (secondary N) is 1. The van der Waals surface area contributed by atoms with Crippen LogP contribution in [0.4, 0.5) is 4.39 Å². The van der Waals surface area contributed by atoms with Crippen molar-refractivity contribution < 1.29 is 18.7 Å². The monoisotopic (exact) mass is 267 g/mol. The fourth-order valence-electron chi connectivity index (χ4n) is 1.69. The first-order valence-corrected chi connectivity index (χ1v) is 6.08. The van der Waals surface area contributed by atoms with Gasteiger partial charge in [0.2, 0.25) is 5.91 Å². The normalized spacial score (nSPS) is 10.9. The van der Waals surface area contributed by atoms with Gasteiger partial charge < -0.3 is 10.1 Å². The van der Waals surface area contributed by atoms with Crippen LogP contribution < -0.4 is 5.32 Å². The minimum Gasteiger partial charge on any atom is -0.466 e. The van der Waals surface area contributed by atoms with E-state index in [4.69, 9.17) is 4.74 Å². The lowest BCUT2D eigenvalue weighted by molar-refractivity contribution is -0.146. The number of hydrogen-bond acceptors (Lipinski definition) is 3. The summed E-state index contributed by atoms with van der Waals surface area (Å²) in [4.78, 5) is 22.9. The molecule has 4 nitrogen and oxygen atoms in total. The van der Waals surface area contributed by atoms with Gasteiger partial charge >= 0.3 is 5.97 Å². The van der Waals surface area contributed by atoms with E-state index in [1.165, 1.54) is 12.1 Å². The van der Waals surface area contributed by atoms with Gasteiger partial charge in [0, 0.05) is 0 Å². The smallest absolute Gasteiger partial charge is 0.315 e. The van der Waals surface area contributed by atoms with Crippen molar-refractivity contribution in [1.29, 1.82) is 0 Å². The quantitative estimate of drug-likeness (QED) is 0.657. The van der Waals surface area contributed by atoms with Crippen LogP contribution in [0.2, 0.25) is 0 Å². The Kier molecular flexibility index (Phi) is 5.03. The highest BCUT2D eigenvalue weighted by Gasteiger charge is 2.24. The van der Waals surface area contributed by atoms with E-state index in [2.05, 4.69) is 5.32 Å². The summed E-state index contributed by atoms with van der Waals surface area (Å²) >= 11 is 0. The zero-order valence-electron chi connectivity index (χ0n) is 11.3. The third-order valence-corrected chi connectivity index (χ3v) is 2.61. The van der Waals surface area contributed by atoms with Gasteiger partial charge in [-0.15, -0.1) is 0 Å². The Bertz CT molecular complexity index is 472. The predicted octanol–water partition coefficient (Wildman–Crippen LogP) is 2.13. The lowest BCUT2D eigenvalue weighted by atomic mass is 9.94. The van der Waals surface area contributed by atoms with Gasteiger partial charge in [0.1, 0.15) is 12.2 Å². The number of hydrogen-bond donors (Lipinski definition) is 1. The highest BCUT2D eigenvalue weighted by Crippen LogP contribution is 2.20. The van der Waals surface area contributed by atoms with Crippen molar-refractivity contribution in [3.8, 4) is 0 Å². The molecule has 5 heteroatoms. The molecule has 0 fully saturated rings. The van der Waals surface area contributed by atoms with Gasteiger partial charge in [0.15, 0.2) is 0 Å². The molecule has 0 atom stereocenters. The largest absolute Gasteiger partial charge is 0.466 e. The average Bonchev–Trinajstić information content (AvgIpc) is 2.28. The highest BCUT2D eigenvalue weighted by molar-refractivity contribution is 5.94. The summed E-state index contributed by atoms with van der Waals surface area (Å²) in [5.41, 5.74) is -0.129. The molecule has 0 aliphatic heterocycles. The third kappa shape index (κ3) is 4.69. The molecule has 0 radical (unpaired) electrons. The van der Waals surface area contributed by atoms with E-state index in [9.17, 15) is 14.0 Å².